The first kappa shape index (κ1) is 12.3. The second-order valence-electron chi connectivity index (χ2n) is 3.17. The monoisotopic (exact) mass is 193 g/mol. The first-order chi connectivity index (χ1) is 5.77. The van der Waals surface area contributed by atoms with Crippen molar-refractivity contribution in [2.45, 2.75) is 44.6 Å². The van der Waals surface area contributed by atoms with Gasteiger partial charge in [0.25, 0.3) is 5.54 Å². The van der Waals surface area contributed by atoms with Gasteiger partial charge in [0.15, 0.2) is 0 Å². The van der Waals surface area contributed by atoms with E-state index in [0.717, 1.165) is 0 Å². The zero-order valence-electron chi connectivity index (χ0n) is 7.84. The molecule has 0 heterocycles. The van der Waals surface area contributed by atoms with Gasteiger partial charge >= 0.3 is 0 Å². The summed E-state index contributed by atoms with van der Waals surface area (Å²) in [5, 5.41) is 38.3. The molecular formula is C7H15NO5. The number of aliphatic hydroxyl groups is 3. The maximum atomic E-state index is 10.7. The van der Waals surface area contributed by atoms with Crippen LogP contribution in [-0.4, -0.2) is 44.1 Å². The molecule has 0 aromatic rings. The molecule has 0 rings (SSSR count). The van der Waals surface area contributed by atoms with Crippen LogP contribution in [0.5, 0.6) is 0 Å². The first-order valence-corrected chi connectivity index (χ1v) is 3.96. The third-order valence-corrected chi connectivity index (χ3v) is 2.32. The molecule has 3 N–H and O–H groups in total. The predicted molar refractivity (Wildman–Crippen MR) is 44.8 cm³/mol. The van der Waals surface area contributed by atoms with E-state index >= 15 is 0 Å². The van der Waals surface area contributed by atoms with Crippen molar-refractivity contribution in [1.29, 1.82) is 0 Å². The summed E-state index contributed by atoms with van der Waals surface area (Å²) in [6.07, 6.45) is -4.28. The molecule has 0 saturated carbocycles. The molecule has 0 aromatic carbocycles. The molecule has 0 aliphatic rings. The maximum Gasteiger partial charge on any atom is 0.297 e. The number of hydrogen-bond donors (Lipinski definition) is 3. The van der Waals surface area contributed by atoms with Crippen LogP contribution >= 0.6 is 0 Å². The van der Waals surface area contributed by atoms with Crippen molar-refractivity contribution in [2.75, 3.05) is 0 Å². The molecule has 0 radical (unpaired) electrons. The van der Waals surface area contributed by atoms with Crippen LogP contribution < -0.4 is 0 Å². The highest BCUT2D eigenvalue weighted by Crippen LogP contribution is 2.24. The summed E-state index contributed by atoms with van der Waals surface area (Å²) in [6.45, 7) is 3.51. The van der Waals surface area contributed by atoms with E-state index < -0.39 is 28.8 Å². The Hall–Kier alpha value is -0.720. The smallest absolute Gasteiger partial charge is 0.297 e. The molecule has 6 heteroatoms. The molecule has 0 amide bonds. The summed E-state index contributed by atoms with van der Waals surface area (Å²) in [5.41, 5.74) is -2.11. The minimum absolute atomic E-state index is 0.840. The normalized spacial score (nSPS) is 22.9. The highest BCUT2D eigenvalue weighted by molar-refractivity contribution is 4.94. The fraction of sp³-hybridized carbons (Fsp3) is 1.00. The Morgan fingerprint density at radius 3 is 1.31 bits per heavy atom. The minimum Gasteiger partial charge on any atom is -0.386 e. The topological polar surface area (TPSA) is 104 Å². The average molecular weight is 193 g/mol. The SMILES string of the molecule is CC(O)C(C(C)O)(C(C)O)[N+](=O)[O-]. The van der Waals surface area contributed by atoms with Crippen LogP contribution in [0, 0.1) is 10.1 Å². The van der Waals surface area contributed by atoms with Gasteiger partial charge in [-0.25, -0.2) is 0 Å². The van der Waals surface area contributed by atoms with Gasteiger partial charge in [-0.3, -0.25) is 10.1 Å². The van der Waals surface area contributed by atoms with Gasteiger partial charge in [-0.2, -0.15) is 0 Å². The van der Waals surface area contributed by atoms with E-state index in [0.29, 0.717) is 0 Å². The van der Waals surface area contributed by atoms with Crippen molar-refractivity contribution in [3.8, 4) is 0 Å². The van der Waals surface area contributed by atoms with Gasteiger partial charge in [0.2, 0.25) is 0 Å². The van der Waals surface area contributed by atoms with Crippen molar-refractivity contribution in [1.82, 2.24) is 0 Å². The van der Waals surface area contributed by atoms with Gasteiger partial charge in [-0.15, -0.1) is 0 Å². The van der Waals surface area contributed by atoms with Gasteiger partial charge in [-0.1, -0.05) is 0 Å². The van der Waals surface area contributed by atoms with E-state index in [2.05, 4.69) is 0 Å². The lowest BCUT2D eigenvalue weighted by Gasteiger charge is -2.32. The summed E-state index contributed by atoms with van der Waals surface area (Å²) in [6, 6.07) is 0. The summed E-state index contributed by atoms with van der Waals surface area (Å²) in [7, 11) is 0. The van der Waals surface area contributed by atoms with Crippen LogP contribution in [0.15, 0.2) is 0 Å². The van der Waals surface area contributed by atoms with Crippen molar-refractivity contribution in [3.63, 3.8) is 0 Å². The molecule has 0 spiro atoms. The number of rotatable bonds is 4. The van der Waals surface area contributed by atoms with Gasteiger partial charge in [0.1, 0.15) is 18.3 Å². The Kier molecular flexibility index (Phi) is 3.77. The number of hydrogen-bond acceptors (Lipinski definition) is 5. The van der Waals surface area contributed by atoms with Crippen LogP contribution in [0.1, 0.15) is 20.8 Å². The predicted octanol–water partition coefficient (Wildman–Crippen LogP) is -0.856. The van der Waals surface area contributed by atoms with E-state index in [4.69, 9.17) is 0 Å². The van der Waals surface area contributed by atoms with Crippen LogP contribution in [0.25, 0.3) is 0 Å². The fourth-order valence-electron chi connectivity index (χ4n) is 1.50. The van der Waals surface area contributed by atoms with Crippen LogP contribution in [0.2, 0.25) is 0 Å². The third kappa shape index (κ3) is 1.79. The van der Waals surface area contributed by atoms with Gasteiger partial charge in [0, 0.05) is 4.92 Å². The highest BCUT2D eigenvalue weighted by atomic mass is 16.6. The average Bonchev–Trinajstić information content (AvgIpc) is 1.82. The zero-order chi connectivity index (χ0) is 10.8. The Labute approximate surface area is 76.0 Å². The second kappa shape index (κ2) is 3.99. The lowest BCUT2D eigenvalue weighted by Crippen LogP contribution is -2.62. The standard InChI is InChI=1S/C7H15NO5/c1-4(9)7(5(2)10,6(3)11)8(12)13/h4-6,9-11H,1-3H3. The fourth-order valence-corrected chi connectivity index (χ4v) is 1.50. The molecule has 3 atom stereocenters. The maximum absolute atomic E-state index is 10.7. The zero-order valence-corrected chi connectivity index (χ0v) is 7.84. The van der Waals surface area contributed by atoms with Crippen LogP contribution in [0.3, 0.4) is 0 Å². The first-order valence-electron chi connectivity index (χ1n) is 3.96. The molecule has 0 fully saturated rings. The van der Waals surface area contributed by atoms with E-state index in [-0.39, 0.29) is 0 Å². The molecule has 6 nitrogen and oxygen atoms in total. The van der Waals surface area contributed by atoms with Crippen LogP contribution in [-0.2, 0) is 0 Å². The van der Waals surface area contributed by atoms with E-state index in [9.17, 15) is 25.4 Å². The largest absolute Gasteiger partial charge is 0.386 e. The molecule has 0 bridgehead atoms. The Morgan fingerprint density at radius 1 is 1.08 bits per heavy atom. The summed E-state index contributed by atoms with van der Waals surface area (Å²) in [5.74, 6) is 0. The van der Waals surface area contributed by atoms with Crippen molar-refractivity contribution in [3.05, 3.63) is 10.1 Å². The Morgan fingerprint density at radius 2 is 1.31 bits per heavy atom. The number of nitrogens with zero attached hydrogens (tertiary/aromatic N) is 1. The van der Waals surface area contributed by atoms with E-state index in [1.165, 1.54) is 20.8 Å². The van der Waals surface area contributed by atoms with Gasteiger partial charge in [-0.05, 0) is 20.8 Å². The van der Waals surface area contributed by atoms with Gasteiger partial charge in [0.05, 0.1) is 0 Å². The third-order valence-electron chi connectivity index (χ3n) is 2.32. The number of aliphatic hydroxyl groups excluding tert-OH is 3. The molecule has 0 aromatic heterocycles. The minimum atomic E-state index is -2.11. The second-order valence-corrected chi connectivity index (χ2v) is 3.17. The Balaban J connectivity index is 5.19. The molecule has 3 unspecified atom stereocenters. The van der Waals surface area contributed by atoms with Crippen molar-refractivity contribution >= 4 is 0 Å². The quantitative estimate of drug-likeness (QED) is 0.398. The van der Waals surface area contributed by atoms with E-state index in [1.807, 2.05) is 0 Å². The summed E-state index contributed by atoms with van der Waals surface area (Å²) in [4.78, 5) is 9.83. The molecular weight excluding hydrogens is 178 g/mol. The molecule has 0 saturated heterocycles. The Bertz CT molecular complexity index is 168. The van der Waals surface area contributed by atoms with Crippen molar-refractivity contribution < 1.29 is 20.2 Å². The lowest BCUT2D eigenvalue weighted by molar-refractivity contribution is -0.606. The summed E-state index contributed by atoms with van der Waals surface area (Å²) >= 11 is 0. The highest BCUT2D eigenvalue weighted by Gasteiger charge is 2.56. The van der Waals surface area contributed by atoms with Crippen LogP contribution in [0.4, 0.5) is 0 Å². The molecule has 0 aliphatic heterocycles. The van der Waals surface area contributed by atoms with E-state index in [1.54, 1.807) is 0 Å². The van der Waals surface area contributed by atoms with Gasteiger partial charge < -0.3 is 15.3 Å². The summed E-state index contributed by atoms with van der Waals surface area (Å²) < 4.78 is 0. The molecule has 0 aliphatic carbocycles. The lowest BCUT2D eigenvalue weighted by atomic mass is 9.83. The molecule has 13 heavy (non-hydrogen) atoms. The molecule has 78 valence electrons. The number of nitro groups is 1. The van der Waals surface area contributed by atoms with Crippen molar-refractivity contribution in [2.24, 2.45) is 0 Å².